The first-order chi connectivity index (χ1) is 12.1. The number of thioether (sulfide) groups is 1. The minimum absolute atomic E-state index is 0.121. The Morgan fingerprint density at radius 3 is 2.92 bits per heavy atom. The number of ether oxygens (including phenoxy) is 2. The van der Waals surface area contributed by atoms with Gasteiger partial charge in [0.15, 0.2) is 16.7 Å². The van der Waals surface area contributed by atoms with Gasteiger partial charge in [0, 0.05) is 19.4 Å². The van der Waals surface area contributed by atoms with Gasteiger partial charge in [-0.05, 0) is 23.4 Å². The SMILES string of the molecule is CCSc1nc(=O)c2c(n1C)NC(=O)C[C@@H]2c1ccc2c(c1)OCO2. The summed E-state index contributed by atoms with van der Waals surface area (Å²) in [4.78, 5) is 29.2. The van der Waals surface area contributed by atoms with Crippen LogP contribution in [0.4, 0.5) is 5.82 Å². The maximum Gasteiger partial charge on any atom is 0.279 e. The molecule has 1 amide bonds. The molecule has 8 heteroatoms. The van der Waals surface area contributed by atoms with Crippen LogP contribution in [0.25, 0.3) is 0 Å². The zero-order valence-electron chi connectivity index (χ0n) is 13.9. The average molecular weight is 359 g/mol. The lowest BCUT2D eigenvalue weighted by atomic mass is 9.86. The van der Waals surface area contributed by atoms with E-state index in [-0.39, 0.29) is 30.6 Å². The van der Waals surface area contributed by atoms with E-state index in [0.29, 0.717) is 28.0 Å². The molecule has 1 aromatic heterocycles. The van der Waals surface area contributed by atoms with Crippen molar-refractivity contribution in [2.45, 2.75) is 24.4 Å². The topological polar surface area (TPSA) is 82.5 Å². The Morgan fingerprint density at radius 1 is 1.32 bits per heavy atom. The molecular weight excluding hydrogens is 342 g/mol. The first-order valence-electron chi connectivity index (χ1n) is 8.01. The van der Waals surface area contributed by atoms with Crippen molar-refractivity contribution in [3.05, 3.63) is 39.7 Å². The Bertz CT molecular complexity index is 925. The number of anilines is 1. The minimum Gasteiger partial charge on any atom is -0.454 e. The number of nitrogens with one attached hydrogen (secondary N) is 1. The number of fused-ring (bicyclic) bond motifs is 2. The minimum atomic E-state index is -0.356. The van der Waals surface area contributed by atoms with E-state index in [2.05, 4.69) is 10.3 Å². The van der Waals surface area contributed by atoms with Gasteiger partial charge in [-0.1, -0.05) is 24.8 Å². The molecule has 4 rings (SSSR count). The highest BCUT2D eigenvalue weighted by molar-refractivity contribution is 7.99. The summed E-state index contributed by atoms with van der Waals surface area (Å²) in [6, 6.07) is 5.52. The van der Waals surface area contributed by atoms with Crippen LogP contribution >= 0.6 is 11.8 Å². The van der Waals surface area contributed by atoms with Gasteiger partial charge in [-0.15, -0.1) is 0 Å². The van der Waals surface area contributed by atoms with Gasteiger partial charge in [-0.25, -0.2) is 0 Å². The molecule has 0 saturated heterocycles. The standard InChI is InChI=1S/C17H17N3O4S/c1-3-25-17-19-16(22)14-10(7-13(21)18-15(14)20(17)2)9-4-5-11-12(6-9)24-8-23-11/h4-6,10H,3,7-8H2,1-2H3,(H,18,21)/t10-/m1/s1. The number of carbonyl (C=O) groups excluding carboxylic acids is 1. The molecule has 0 spiro atoms. The van der Waals surface area contributed by atoms with E-state index in [4.69, 9.17) is 9.47 Å². The van der Waals surface area contributed by atoms with Crippen molar-refractivity contribution in [1.82, 2.24) is 9.55 Å². The first kappa shape index (κ1) is 16.0. The Hall–Kier alpha value is -2.48. The predicted molar refractivity (Wildman–Crippen MR) is 93.5 cm³/mol. The number of hydrogen-bond donors (Lipinski definition) is 1. The Balaban J connectivity index is 1.86. The van der Waals surface area contributed by atoms with E-state index in [0.717, 1.165) is 11.3 Å². The molecule has 0 radical (unpaired) electrons. The quantitative estimate of drug-likeness (QED) is 0.667. The lowest BCUT2D eigenvalue weighted by Crippen LogP contribution is -2.33. The van der Waals surface area contributed by atoms with Crippen molar-refractivity contribution in [2.75, 3.05) is 17.9 Å². The molecule has 2 aliphatic rings. The first-order valence-corrected chi connectivity index (χ1v) is 9.00. The van der Waals surface area contributed by atoms with Gasteiger partial charge < -0.3 is 19.4 Å². The molecule has 1 N–H and O–H groups in total. The van der Waals surface area contributed by atoms with Crippen LogP contribution in [0.1, 0.15) is 30.4 Å². The maximum absolute atomic E-state index is 12.7. The molecule has 0 aliphatic carbocycles. The molecule has 1 aromatic carbocycles. The van der Waals surface area contributed by atoms with Crippen LogP contribution in [0.15, 0.2) is 28.2 Å². The maximum atomic E-state index is 12.7. The smallest absolute Gasteiger partial charge is 0.279 e. The summed E-state index contributed by atoms with van der Waals surface area (Å²) in [7, 11) is 1.81. The Morgan fingerprint density at radius 2 is 2.12 bits per heavy atom. The summed E-state index contributed by atoms with van der Waals surface area (Å²) < 4.78 is 12.5. The van der Waals surface area contributed by atoms with Gasteiger partial charge in [-0.2, -0.15) is 4.98 Å². The molecule has 2 aliphatic heterocycles. The molecule has 130 valence electrons. The van der Waals surface area contributed by atoms with Crippen LogP contribution in [-0.2, 0) is 11.8 Å². The number of hydrogen-bond acceptors (Lipinski definition) is 6. The molecule has 0 bridgehead atoms. The highest BCUT2D eigenvalue weighted by Gasteiger charge is 2.32. The number of benzene rings is 1. The van der Waals surface area contributed by atoms with Crippen molar-refractivity contribution in [3.8, 4) is 11.5 Å². The monoisotopic (exact) mass is 359 g/mol. The highest BCUT2D eigenvalue weighted by atomic mass is 32.2. The lowest BCUT2D eigenvalue weighted by molar-refractivity contribution is -0.116. The zero-order valence-corrected chi connectivity index (χ0v) is 14.7. The van der Waals surface area contributed by atoms with E-state index in [1.165, 1.54) is 11.8 Å². The number of aromatic nitrogens is 2. The van der Waals surface area contributed by atoms with E-state index in [1.807, 2.05) is 32.2 Å². The Labute approximate surface area is 148 Å². The van der Waals surface area contributed by atoms with Crippen LogP contribution in [0, 0.1) is 0 Å². The fourth-order valence-electron chi connectivity index (χ4n) is 3.21. The fourth-order valence-corrected chi connectivity index (χ4v) is 3.90. The second-order valence-corrected chi connectivity index (χ2v) is 7.10. The van der Waals surface area contributed by atoms with E-state index in [1.54, 1.807) is 4.57 Å². The van der Waals surface area contributed by atoms with Crippen LogP contribution < -0.4 is 20.3 Å². The summed E-state index contributed by atoms with van der Waals surface area (Å²) in [6.45, 7) is 2.17. The van der Waals surface area contributed by atoms with Crippen molar-refractivity contribution in [2.24, 2.45) is 7.05 Å². The normalized spacial score (nSPS) is 18.0. The van der Waals surface area contributed by atoms with Crippen molar-refractivity contribution >= 4 is 23.5 Å². The van der Waals surface area contributed by atoms with Crippen molar-refractivity contribution < 1.29 is 14.3 Å². The third-order valence-electron chi connectivity index (χ3n) is 4.37. The van der Waals surface area contributed by atoms with Crippen LogP contribution in [0.3, 0.4) is 0 Å². The number of carbonyl (C=O) groups is 1. The molecular formula is C17H17N3O4S. The summed E-state index contributed by atoms with van der Waals surface area (Å²) in [5.41, 5.74) is 1.06. The summed E-state index contributed by atoms with van der Waals surface area (Å²) in [5, 5.41) is 3.43. The fraction of sp³-hybridized carbons (Fsp3) is 0.353. The zero-order chi connectivity index (χ0) is 17.6. The van der Waals surface area contributed by atoms with Crippen LogP contribution in [0.2, 0.25) is 0 Å². The van der Waals surface area contributed by atoms with Gasteiger partial charge >= 0.3 is 0 Å². The van der Waals surface area contributed by atoms with Crippen molar-refractivity contribution in [3.63, 3.8) is 0 Å². The second-order valence-electron chi connectivity index (χ2n) is 5.87. The van der Waals surface area contributed by atoms with Gasteiger partial charge in [-0.3, -0.25) is 9.59 Å². The molecule has 7 nitrogen and oxygen atoms in total. The Kier molecular flexibility index (Phi) is 3.91. The molecule has 25 heavy (non-hydrogen) atoms. The third-order valence-corrected chi connectivity index (χ3v) is 5.29. The van der Waals surface area contributed by atoms with E-state index >= 15 is 0 Å². The second kappa shape index (κ2) is 6.11. The van der Waals surface area contributed by atoms with Gasteiger partial charge in [0.1, 0.15) is 5.82 Å². The number of nitrogens with zero attached hydrogens (tertiary/aromatic N) is 2. The van der Waals surface area contributed by atoms with E-state index < -0.39 is 0 Å². The molecule has 0 fully saturated rings. The van der Waals surface area contributed by atoms with Gasteiger partial charge in [0.25, 0.3) is 5.56 Å². The third kappa shape index (κ3) is 2.66. The van der Waals surface area contributed by atoms with Gasteiger partial charge in [0.2, 0.25) is 12.7 Å². The summed E-state index contributed by atoms with van der Waals surface area (Å²) in [6.07, 6.45) is 0.198. The molecule has 2 aromatic rings. The van der Waals surface area contributed by atoms with E-state index in [9.17, 15) is 9.59 Å². The van der Waals surface area contributed by atoms with Gasteiger partial charge in [0.05, 0.1) is 5.56 Å². The van der Waals surface area contributed by atoms with Crippen molar-refractivity contribution in [1.29, 1.82) is 0 Å². The summed E-state index contributed by atoms with van der Waals surface area (Å²) in [5.74, 6) is 2.14. The lowest BCUT2D eigenvalue weighted by Gasteiger charge is -2.27. The molecule has 0 saturated carbocycles. The van der Waals surface area contributed by atoms with Crippen LogP contribution in [0.5, 0.6) is 11.5 Å². The number of rotatable bonds is 3. The average Bonchev–Trinajstić information content (AvgIpc) is 3.06. The summed E-state index contributed by atoms with van der Waals surface area (Å²) >= 11 is 1.47. The largest absolute Gasteiger partial charge is 0.454 e. The predicted octanol–water partition coefficient (Wildman–Crippen LogP) is 2.10. The highest BCUT2D eigenvalue weighted by Crippen LogP contribution is 2.40. The molecule has 1 atom stereocenters. The molecule has 3 heterocycles. The van der Waals surface area contributed by atoms with Crippen LogP contribution in [-0.4, -0.2) is 28.0 Å². The number of amides is 1. The molecule has 0 unspecified atom stereocenters.